The number of fused-ring (bicyclic) bond motifs is 3. The van der Waals surface area contributed by atoms with Crippen LogP contribution in [0.2, 0.25) is 0 Å². The molecule has 0 spiro atoms. The number of nitrogens with zero attached hydrogens (tertiary/aromatic N) is 7. The fraction of sp³-hybridized carbons (Fsp3) is 0.517. The third kappa shape index (κ3) is 5.67. The van der Waals surface area contributed by atoms with Gasteiger partial charge in [0, 0.05) is 74.9 Å². The molecule has 3 aromatic rings. The first-order valence-electron chi connectivity index (χ1n) is 13.8. The summed E-state index contributed by atoms with van der Waals surface area (Å²) in [5.74, 6) is -0.0115. The summed E-state index contributed by atoms with van der Waals surface area (Å²) in [5.41, 5.74) is 2.44. The second-order valence-electron chi connectivity index (χ2n) is 10.9. The Kier molecular flexibility index (Phi) is 7.95. The number of hydrogen-bond acceptors (Lipinski definition) is 7. The van der Waals surface area contributed by atoms with Gasteiger partial charge in [0.15, 0.2) is 5.65 Å². The number of aromatic nitrogens is 4. The van der Waals surface area contributed by atoms with Crippen molar-refractivity contribution < 1.29 is 9.13 Å². The monoisotopic (exact) mass is 535 g/mol. The molecule has 0 atom stereocenters. The van der Waals surface area contributed by atoms with Gasteiger partial charge in [-0.2, -0.15) is 0 Å². The zero-order chi connectivity index (χ0) is 27.7. The van der Waals surface area contributed by atoms with Crippen molar-refractivity contribution in [3.05, 3.63) is 52.0 Å². The summed E-state index contributed by atoms with van der Waals surface area (Å²) in [6, 6.07) is 3.86. The number of aryl methyl sites for hydroxylation is 1. The first-order valence-corrected chi connectivity index (χ1v) is 13.8. The highest BCUT2D eigenvalue weighted by atomic mass is 19.1. The third-order valence-electron chi connectivity index (χ3n) is 7.77. The van der Waals surface area contributed by atoms with E-state index >= 15 is 4.39 Å². The minimum absolute atomic E-state index is 0.0904. The van der Waals surface area contributed by atoms with Gasteiger partial charge in [-0.1, -0.05) is 6.08 Å². The summed E-state index contributed by atoms with van der Waals surface area (Å²) in [6.07, 6.45) is 7.13. The number of ether oxygens (including phenoxy) is 1. The lowest BCUT2D eigenvalue weighted by Crippen LogP contribution is -2.47. The van der Waals surface area contributed by atoms with Crippen LogP contribution in [-0.4, -0.2) is 81.2 Å². The SMILES string of the molecule is C=N/C(=C\C=C(/C)c1cc2c(cc1F)nnc1c2n(C(C)C)c(=O)n1C)OCCCN1CCN(C2CC2)CC1. The van der Waals surface area contributed by atoms with Gasteiger partial charge in [0.25, 0.3) is 0 Å². The van der Waals surface area contributed by atoms with E-state index in [0.29, 0.717) is 45.7 Å². The molecule has 1 saturated heterocycles. The molecule has 0 bridgehead atoms. The van der Waals surface area contributed by atoms with Crippen molar-refractivity contribution in [2.24, 2.45) is 12.0 Å². The van der Waals surface area contributed by atoms with Crippen LogP contribution >= 0.6 is 0 Å². The highest BCUT2D eigenvalue weighted by Gasteiger charge is 2.30. The maximum absolute atomic E-state index is 15.1. The summed E-state index contributed by atoms with van der Waals surface area (Å²) in [7, 11) is 1.67. The van der Waals surface area contributed by atoms with Gasteiger partial charge in [0.05, 0.1) is 12.1 Å². The van der Waals surface area contributed by atoms with Crippen molar-refractivity contribution in [3.63, 3.8) is 0 Å². The zero-order valence-corrected chi connectivity index (χ0v) is 23.4. The van der Waals surface area contributed by atoms with Crippen molar-refractivity contribution >= 4 is 34.4 Å². The van der Waals surface area contributed by atoms with E-state index in [-0.39, 0.29) is 11.7 Å². The van der Waals surface area contributed by atoms with Crippen LogP contribution in [-0.2, 0) is 11.8 Å². The van der Waals surface area contributed by atoms with Crippen molar-refractivity contribution in [2.75, 3.05) is 39.3 Å². The average molecular weight is 536 g/mol. The Morgan fingerprint density at radius 1 is 1.21 bits per heavy atom. The maximum Gasteiger partial charge on any atom is 0.330 e. The van der Waals surface area contributed by atoms with E-state index in [1.807, 2.05) is 20.8 Å². The molecule has 2 fully saturated rings. The van der Waals surface area contributed by atoms with Crippen molar-refractivity contribution in [3.8, 4) is 0 Å². The molecule has 1 aliphatic heterocycles. The second kappa shape index (κ2) is 11.4. The molecule has 39 heavy (non-hydrogen) atoms. The smallest absolute Gasteiger partial charge is 0.330 e. The maximum atomic E-state index is 15.1. The van der Waals surface area contributed by atoms with Crippen LogP contribution in [0.25, 0.3) is 27.6 Å². The minimum atomic E-state index is -0.413. The van der Waals surface area contributed by atoms with Crippen LogP contribution in [0.3, 0.4) is 0 Å². The first kappa shape index (κ1) is 27.2. The summed E-state index contributed by atoms with van der Waals surface area (Å²) in [4.78, 5) is 21.9. The van der Waals surface area contributed by atoms with Gasteiger partial charge in [0.2, 0.25) is 5.88 Å². The van der Waals surface area contributed by atoms with E-state index in [0.717, 1.165) is 45.2 Å². The van der Waals surface area contributed by atoms with Crippen LogP contribution in [0.1, 0.15) is 51.6 Å². The number of aliphatic imine (C=N–C) groups is 1. The quantitative estimate of drug-likeness (QED) is 0.168. The van der Waals surface area contributed by atoms with Crippen LogP contribution in [0.4, 0.5) is 4.39 Å². The van der Waals surface area contributed by atoms with Crippen LogP contribution < -0.4 is 5.69 Å². The molecule has 0 N–H and O–H groups in total. The second-order valence-corrected chi connectivity index (χ2v) is 10.9. The number of allylic oxidation sites excluding steroid dienone is 3. The average Bonchev–Trinajstić information content (AvgIpc) is 3.74. The Morgan fingerprint density at radius 3 is 2.62 bits per heavy atom. The van der Waals surface area contributed by atoms with E-state index in [1.165, 1.54) is 23.5 Å². The number of halogens is 1. The summed E-state index contributed by atoms with van der Waals surface area (Å²) in [5, 5.41) is 9.05. The minimum Gasteiger partial charge on any atom is -0.478 e. The fourth-order valence-electron chi connectivity index (χ4n) is 5.39. The predicted molar refractivity (Wildman–Crippen MR) is 154 cm³/mol. The van der Waals surface area contributed by atoms with Crippen LogP contribution in [0.5, 0.6) is 0 Å². The van der Waals surface area contributed by atoms with Crippen LogP contribution in [0.15, 0.2) is 40.0 Å². The van der Waals surface area contributed by atoms with Crippen LogP contribution in [0, 0.1) is 5.82 Å². The molecule has 5 rings (SSSR count). The Balaban J connectivity index is 1.29. The van der Waals surface area contributed by atoms with E-state index in [4.69, 9.17) is 4.74 Å². The molecule has 2 aromatic heterocycles. The van der Waals surface area contributed by atoms with Crippen molar-refractivity contribution in [2.45, 2.75) is 52.1 Å². The van der Waals surface area contributed by atoms with Crippen molar-refractivity contribution in [1.82, 2.24) is 29.1 Å². The molecule has 3 heterocycles. The van der Waals surface area contributed by atoms with E-state index in [2.05, 4.69) is 31.7 Å². The lowest BCUT2D eigenvalue weighted by molar-refractivity contribution is 0.114. The molecular weight excluding hydrogens is 497 g/mol. The van der Waals surface area contributed by atoms with E-state index in [9.17, 15) is 4.79 Å². The highest BCUT2D eigenvalue weighted by Crippen LogP contribution is 2.29. The molecule has 10 heteroatoms. The van der Waals surface area contributed by atoms with Gasteiger partial charge in [0.1, 0.15) is 11.3 Å². The Labute approximate surface area is 228 Å². The summed E-state index contributed by atoms with van der Waals surface area (Å²) >= 11 is 0. The number of hydrogen-bond donors (Lipinski definition) is 0. The summed E-state index contributed by atoms with van der Waals surface area (Å²) in [6.45, 7) is 15.4. The summed E-state index contributed by atoms with van der Waals surface area (Å²) < 4.78 is 24.1. The molecule has 1 saturated carbocycles. The van der Waals surface area contributed by atoms with Gasteiger partial charge in [-0.25, -0.2) is 14.2 Å². The molecule has 208 valence electrons. The molecule has 1 aromatic carbocycles. The van der Waals surface area contributed by atoms with Gasteiger partial charge in [-0.15, -0.1) is 10.2 Å². The zero-order valence-electron chi connectivity index (χ0n) is 23.4. The van der Waals surface area contributed by atoms with Crippen molar-refractivity contribution in [1.29, 1.82) is 0 Å². The number of rotatable bonds is 10. The van der Waals surface area contributed by atoms with E-state index in [1.54, 1.807) is 29.8 Å². The molecule has 0 amide bonds. The Hall–Kier alpha value is -3.37. The molecular formula is C29H38FN7O2. The lowest BCUT2D eigenvalue weighted by Gasteiger charge is -2.34. The van der Waals surface area contributed by atoms with Gasteiger partial charge in [-0.3, -0.25) is 14.0 Å². The van der Waals surface area contributed by atoms with Gasteiger partial charge < -0.3 is 9.64 Å². The standard InChI is InChI=1S/C29H38FN7O2/c1-19(2)37-27-23-17-22(24(30)18-25(23)32-33-28(27)34(5)29(37)38)20(3)7-10-26(31-4)39-16-6-11-35-12-14-36(15-13-35)21-8-9-21/h7,10,17-19,21H,4,6,8-9,11-16H2,1-3,5H3/b20-7+,26-10+. The normalized spacial score (nSPS) is 18.0. The number of imidazole rings is 1. The third-order valence-corrected chi connectivity index (χ3v) is 7.77. The molecule has 9 nitrogen and oxygen atoms in total. The molecule has 2 aliphatic rings. The lowest BCUT2D eigenvalue weighted by atomic mass is 10.0. The van der Waals surface area contributed by atoms with E-state index < -0.39 is 5.82 Å². The largest absolute Gasteiger partial charge is 0.478 e. The fourth-order valence-corrected chi connectivity index (χ4v) is 5.39. The topological polar surface area (TPSA) is 80.8 Å². The molecule has 0 radical (unpaired) electrons. The Morgan fingerprint density at radius 2 is 1.95 bits per heavy atom. The molecule has 0 unspecified atom stereocenters. The Bertz CT molecular complexity index is 1490. The first-order chi connectivity index (χ1) is 18.8. The van der Waals surface area contributed by atoms with Gasteiger partial charge >= 0.3 is 5.69 Å². The predicted octanol–water partition coefficient (Wildman–Crippen LogP) is 4.14. The number of benzene rings is 1. The number of piperazine rings is 1. The van der Waals surface area contributed by atoms with Gasteiger partial charge in [-0.05, 0) is 58.4 Å². The highest BCUT2D eigenvalue weighted by molar-refractivity contribution is 6.02. The molecule has 1 aliphatic carbocycles.